The van der Waals surface area contributed by atoms with Gasteiger partial charge in [-0.2, -0.15) is 0 Å². The first-order chi connectivity index (χ1) is 10.1. The van der Waals surface area contributed by atoms with Crippen LogP contribution in [-0.2, 0) is 0 Å². The fourth-order valence-corrected chi connectivity index (χ4v) is 3.60. The predicted octanol–water partition coefficient (Wildman–Crippen LogP) is 4.50. The van der Waals surface area contributed by atoms with Crippen molar-refractivity contribution < 1.29 is 0 Å². The summed E-state index contributed by atoms with van der Waals surface area (Å²) >= 11 is 6.11. The molecule has 1 fully saturated rings. The lowest BCUT2D eigenvalue weighted by Gasteiger charge is -2.34. The van der Waals surface area contributed by atoms with Crippen LogP contribution >= 0.6 is 11.6 Å². The maximum atomic E-state index is 6.11. The highest BCUT2D eigenvalue weighted by molar-refractivity contribution is 6.30. The number of hydrogen-bond donors (Lipinski definition) is 1. The Balaban J connectivity index is 1.85. The molecule has 1 atom stereocenters. The Hall–Kier alpha value is -0.570. The van der Waals surface area contributed by atoms with E-state index >= 15 is 0 Å². The molecule has 0 amide bonds. The van der Waals surface area contributed by atoms with Crippen molar-refractivity contribution in [2.45, 2.75) is 51.1 Å². The summed E-state index contributed by atoms with van der Waals surface area (Å²) in [7, 11) is 4.32. The molecule has 3 heteroatoms. The number of hydrogen-bond acceptors (Lipinski definition) is 2. The summed E-state index contributed by atoms with van der Waals surface area (Å²) in [6, 6.07) is 9.37. The van der Waals surface area contributed by atoms with Crippen LogP contribution in [0.5, 0.6) is 0 Å². The zero-order valence-corrected chi connectivity index (χ0v) is 14.4. The standard InChI is InChI=1S/C18H29ClN2/c1-14-7-9-17(10-8-14)21(3)12-11-18(20-2)15-5-4-6-16(19)13-15/h4-6,13-14,17-18,20H,7-12H2,1-3H3. The van der Waals surface area contributed by atoms with Gasteiger partial charge in [0.25, 0.3) is 0 Å². The highest BCUT2D eigenvalue weighted by Crippen LogP contribution is 2.27. The third-order valence-electron chi connectivity index (χ3n) is 4.98. The van der Waals surface area contributed by atoms with Crippen molar-refractivity contribution in [3.05, 3.63) is 34.9 Å². The second-order valence-electron chi connectivity index (χ2n) is 6.58. The average molecular weight is 309 g/mol. The van der Waals surface area contributed by atoms with Crippen molar-refractivity contribution in [3.63, 3.8) is 0 Å². The van der Waals surface area contributed by atoms with Gasteiger partial charge in [0, 0.05) is 17.1 Å². The Labute approximate surface area is 134 Å². The summed E-state index contributed by atoms with van der Waals surface area (Å²) in [4.78, 5) is 2.56. The Kier molecular flexibility index (Phi) is 6.53. The van der Waals surface area contributed by atoms with Crippen LogP contribution in [0.15, 0.2) is 24.3 Å². The molecule has 0 radical (unpaired) electrons. The van der Waals surface area contributed by atoms with Crippen LogP contribution < -0.4 is 5.32 Å². The first-order valence-corrected chi connectivity index (χ1v) is 8.61. The SMILES string of the molecule is CNC(CCN(C)C1CCC(C)CC1)c1cccc(Cl)c1. The Morgan fingerprint density at radius 1 is 1.29 bits per heavy atom. The molecular weight excluding hydrogens is 280 g/mol. The van der Waals surface area contributed by atoms with Crippen molar-refractivity contribution in [1.29, 1.82) is 0 Å². The number of nitrogens with zero attached hydrogens (tertiary/aromatic N) is 1. The normalized spacial score (nSPS) is 24.2. The quantitative estimate of drug-likeness (QED) is 0.832. The van der Waals surface area contributed by atoms with Gasteiger partial charge in [0.15, 0.2) is 0 Å². The van der Waals surface area contributed by atoms with Gasteiger partial charge in [-0.3, -0.25) is 0 Å². The number of nitrogens with one attached hydrogen (secondary N) is 1. The minimum atomic E-state index is 0.383. The van der Waals surface area contributed by atoms with Crippen LogP contribution in [0.3, 0.4) is 0 Å². The molecule has 1 unspecified atom stereocenters. The molecule has 0 spiro atoms. The molecule has 0 saturated heterocycles. The fourth-order valence-electron chi connectivity index (χ4n) is 3.40. The molecule has 1 N–H and O–H groups in total. The van der Waals surface area contributed by atoms with E-state index in [0.29, 0.717) is 6.04 Å². The molecule has 0 aromatic heterocycles. The van der Waals surface area contributed by atoms with Gasteiger partial charge >= 0.3 is 0 Å². The molecule has 21 heavy (non-hydrogen) atoms. The molecule has 1 aromatic rings. The van der Waals surface area contributed by atoms with E-state index in [1.165, 1.54) is 31.2 Å². The zero-order chi connectivity index (χ0) is 15.2. The van der Waals surface area contributed by atoms with E-state index in [0.717, 1.165) is 29.9 Å². The lowest BCUT2D eigenvalue weighted by atomic mass is 9.86. The van der Waals surface area contributed by atoms with E-state index in [1.54, 1.807) is 0 Å². The lowest BCUT2D eigenvalue weighted by molar-refractivity contribution is 0.164. The van der Waals surface area contributed by atoms with Crippen LogP contribution in [0.4, 0.5) is 0 Å². The Morgan fingerprint density at radius 3 is 2.62 bits per heavy atom. The molecule has 1 saturated carbocycles. The molecule has 1 aromatic carbocycles. The van der Waals surface area contributed by atoms with Crippen molar-refractivity contribution in [2.75, 3.05) is 20.6 Å². The van der Waals surface area contributed by atoms with Gasteiger partial charge < -0.3 is 10.2 Å². The van der Waals surface area contributed by atoms with Gasteiger partial charge in [0.1, 0.15) is 0 Å². The second-order valence-corrected chi connectivity index (χ2v) is 7.02. The first-order valence-electron chi connectivity index (χ1n) is 8.23. The number of halogens is 1. The van der Waals surface area contributed by atoms with Crippen molar-refractivity contribution >= 4 is 11.6 Å². The third kappa shape index (κ3) is 4.98. The van der Waals surface area contributed by atoms with Gasteiger partial charge in [-0.25, -0.2) is 0 Å². The van der Waals surface area contributed by atoms with Gasteiger partial charge in [-0.05, 0) is 76.4 Å². The molecule has 2 rings (SSSR count). The maximum absolute atomic E-state index is 6.11. The van der Waals surface area contributed by atoms with E-state index in [2.05, 4.69) is 36.3 Å². The summed E-state index contributed by atoms with van der Waals surface area (Å²) in [6.45, 7) is 3.52. The summed E-state index contributed by atoms with van der Waals surface area (Å²) < 4.78 is 0. The van der Waals surface area contributed by atoms with E-state index in [4.69, 9.17) is 11.6 Å². The Morgan fingerprint density at radius 2 is 2.00 bits per heavy atom. The Bertz CT molecular complexity index is 427. The molecule has 118 valence electrons. The van der Waals surface area contributed by atoms with Crippen LogP contribution in [-0.4, -0.2) is 31.6 Å². The largest absolute Gasteiger partial charge is 0.313 e. The monoisotopic (exact) mass is 308 g/mol. The molecule has 0 bridgehead atoms. The molecular formula is C18H29ClN2. The third-order valence-corrected chi connectivity index (χ3v) is 5.21. The van der Waals surface area contributed by atoms with E-state index < -0.39 is 0 Å². The smallest absolute Gasteiger partial charge is 0.0409 e. The number of benzene rings is 1. The molecule has 0 heterocycles. The number of rotatable bonds is 6. The van der Waals surface area contributed by atoms with Crippen LogP contribution in [0.2, 0.25) is 5.02 Å². The highest BCUT2D eigenvalue weighted by atomic mass is 35.5. The first kappa shape index (κ1) is 16.8. The lowest BCUT2D eigenvalue weighted by Crippen LogP contribution is -2.36. The fraction of sp³-hybridized carbons (Fsp3) is 0.667. The van der Waals surface area contributed by atoms with Crippen LogP contribution in [0.25, 0.3) is 0 Å². The summed E-state index contributed by atoms with van der Waals surface area (Å²) in [5, 5.41) is 4.25. The second kappa shape index (κ2) is 8.17. The highest BCUT2D eigenvalue weighted by Gasteiger charge is 2.22. The summed E-state index contributed by atoms with van der Waals surface area (Å²) in [5.74, 6) is 0.922. The van der Waals surface area contributed by atoms with Gasteiger partial charge in [-0.15, -0.1) is 0 Å². The zero-order valence-electron chi connectivity index (χ0n) is 13.6. The van der Waals surface area contributed by atoms with Gasteiger partial charge in [-0.1, -0.05) is 30.7 Å². The van der Waals surface area contributed by atoms with Crippen molar-refractivity contribution in [3.8, 4) is 0 Å². The van der Waals surface area contributed by atoms with Crippen molar-refractivity contribution in [1.82, 2.24) is 10.2 Å². The summed E-state index contributed by atoms with van der Waals surface area (Å²) in [6.07, 6.45) is 6.62. The predicted molar refractivity (Wildman–Crippen MR) is 91.9 cm³/mol. The molecule has 2 nitrogen and oxygen atoms in total. The maximum Gasteiger partial charge on any atom is 0.0409 e. The van der Waals surface area contributed by atoms with E-state index in [9.17, 15) is 0 Å². The van der Waals surface area contributed by atoms with Gasteiger partial charge in [0.2, 0.25) is 0 Å². The van der Waals surface area contributed by atoms with E-state index in [-0.39, 0.29) is 0 Å². The minimum absolute atomic E-state index is 0.383. The van der Waals surface area contributed by atoms with Crippen molar-refractivity contribution in [2.24, 2.45) is 5.92 Å². The topological polar surface area (TPSA) is 15.3 Å². The average Bonchev–Trinajstić information content (AvgIpc) is 2.48. The van der Waals surface area contributed by atoms with Crippen LogP contribution in [0.1, 0.15) is 50.6 Å². The van der Waals surface area contributed by atoms with E-state index in [1.807, 2.05) is 19.2 Å². The van der Waals surface area contributed by atoms with Gasteiger partial charge in [0.05, 0.1) is 0 Å². The molecule has 1 aliphatic rings. The molecule has 1 aliphatic carbocycles. The molecule has 0 aliphatic heterocycles. The summed E-state index contributed by atoms with van der Waals surface area (Å²) in [5.41, 5.74) is 1.29. The minimum Gasteiger partial charge on any atom is -0.313 e. The van der Waals surface area contributed by atoms with Crippen LogP contribution in [0, 0.1) is 5.92 Å².